The highest BCUT2D eigenvalue weighted by atomic mass is 19.3. The van der Waals surface area contributed by atoms with Crippen LogP contribution in [0.2, 0.25) is 0 Å². The quantitative estimate of drug-likeness (QED) is 0.842. The minimum atomic E-state index is -2.44. The van der Waals surface area contributed by atoms with Crippen LogP contribution in [0.3, 0.4) is 0 Å². The summed E-state index contributed by atoms with van der Waals surface area (Å²) in [6, 6.07) is 10.3. The predicted molar refractivity (Wildman–Crippen MR) is 85.6 cm³/mol. The zero-order chi connectivity index (χ0) is 17.1. The highest BCUT2D eigenvalue weighted by Gasteiger charge is 2.34. The lowest BCUT2D eigenvalue weighted by Gasteiger charge is -2.43. The number of ether oxygens (including phenoxy) is 1. The Morgan fingerprint density at radius 2 is 2.00 bits per heavy atom. The van der Waals surface area contributed by atoms with Crippen LogP contribution < -0.4 is 0 Å². The molecule has 5 nitrogen and oxygen atoms in total. The molecule has 7 heteroatoms. The van der Waals surface area contributed by atoms with Crippen molar-refractivity contribution >= 4 is 0 Å². The molecule has 1 saturated heterocycles. The zero-order valence-electron chi connectivity index (χ0n) is 13.8. The lowest BCUT2D eigenvalue weighted by molar-refractivity contribution is -0.101. The molecule has 3 rings (SSSR count). The number of benzene rings is 1. The van der Waals surface area contributed by atoms with Gasteiger partial charge in [0.1, 0.15) is 18.7 Å². The van der Waals surface area contributed by atoms with E-state index in [4.69, 9.17) is 4.74 Å². The summed E-state index contributed by atoms with van der Waals surface area (Å²) in [6.07, 6.45) is -1.15. The predicted octanol–water partition coefficient (Wildman–Crippen LogP) is 2.89. The molecule has 0 amide bonds. The van der Waals surface area contributed by atoms with E-state index in [1.165, 1.54) is 11.0 Å². The lowest BCUT2D eigenvalue weighted by atomic mass is 9.98. The third kappa shape index (κ3) is 3.62. The number of nitrogens with zero attached hydrogens (tertiary/aromatic N) is 4. The first-order valence-electron chi connectivity index (χ1n) is 8.13. The largest absolute Gasteiger partial charge is 0.370 e. The zero-order valence-corrected chi connectivity index (χ0v) is 13.8. The Bertz CT molecular complexity index is 649. The minimum Gasteiger partial charge on any atom is -0.370 e. The summed E-state index contributed by atoms with van der Waals surface area (Å²) in [5.74, 6) is 0.558. The molecule has 2 heterocycles. The number of morpholine rings is 1. The molecule has 1 fully saturated rings. The Morgan fingerprint density at radius 1 is 1.25 bits per heavy atom. The SMILES string of the molecule is C[C@@H]1CO[C@@H](c2ccccc2)[C@@H](C)N1Cc1ncnn1CC(F)F. The second kappa shape index (κ2) is 7.36. The van der Waals surface area contributed by atoms with Gasteiger partial charge >= 0.3 is 0 Å². The summed E-state index contributed by atoms with van der Waals surface area (Å²) in [5.41, 5.74) is 1.12. The van der Waals surface area contributed by atoms with Gasteiger partial charge in [0.05, 0.1) is 19.3 Å². The smallest absolute Gasteiger partial charge is 0.257 e. The fourth-order valence-electron chi connectivity index (χ4n) is 3.23. The highest BCUT2D eigenvalue weighted by molar-refractivity contribution is 5.19. The van der Waals surface area contributed by atoms with Gasteiger partial charge in [0.2, 0.25) is 0 Å². The number of rotatable bonds is 5. The van der Waals surface area contributed by atoms with Crippen LogP contribution in [0.1, 0.15) is 31.3 Å². The Morgan fingerprint density at radius 3 is 2.71 bits per heavy atom. The third-order valence-corrected chi connectivity index (χ3v) is 4.50. The summed E-state index contributed by atoms with van der Waals surface area (Å²) in [5, 5.41) is 3.92. The number of halogens is 2. The average Bonchev–Trinajstić information content (AvgIpc) is 2.98. The number of hydrogen-bond donors (Lipinski definition) is 0. The van der Waals surface area contributed by atoms with E-state index in [0.717, 1.165) is 5.56 Å². The van der Waals surface area contributed by atoms with E-state index in [0.29, 0.717) is 19.0 Å². The van der Waals surface area contributed by atoms with Gasteiger partial charge < -0.3 is 4.74 Å². The molecule has 1 aromatic heterocycles. The number of alkyl halides is 2. The summed E-state index contributed by atoms with van der Waals surface area (Å²) in [6.45, 7) is 4.81. The Labute approximate surface area is 140 Å². The molecule has 0 bridgehead atoms. The molecule has 3 atom stereocenters. The molecule has 0 saturated carbocycles. The summed E-state index contributed by atoms with van der Waals surface area (Å²) in [7, 11) is 0. The van der Waals surface area contributed by atoms with E-state index >= 15 is 0 Å². The van der Waals surface area contributed by atoms with Gasteiger partial charge in [-0.05, 0) is 19.4 Å². The van der Waals surface area contributed by atoms with Gasteiger partial charge in [-0.15, -0.1) is 0 Å². The van der Waals surface area contributed by atoms with Crippen molar-refractivity contribution < 1.29 is 13.5 Å². The van der Waals surface area contributed by atoms with E-state index in [1.54, 1.807) is 0 Å². The molecular formula is C17H22F2N4O. The fraction of sp³-hybridized carbons (Fsp3) is 0.529. The third-order valence-electron chi connectivity index (χ3n) is 4.50. The van der Waals surface area contributed by atoms with Gasteiger partial charge in [-0.2, -0.15) is 5.10 Å². The van der Waals surface area contributed by atoms with Crippen LogP contribution in [0, 0.1) is 0 Å². The minimum absolute atomic E-state index is 0.0473. The molecule has 130 valence electrons. The van der Waals surface area contributed by atoms with Gasteiger partial charge in [0, 0.05) is 12.1 Å². The topological polar surface area (TPSA) is 43.2 Å². The van der Waals surface area contributed by atoms with E-state index in [2.05, 4.69) is 41.0 Å². The van der Waals surface area contributed by atoms with Crippen LogP contribution in [0.4, 0.5) is 8.78 Å². The molecule has 0 radical (unpaired) electrons. The van der Waals surface area contributed by atoms with Gasteiger partial charge in [0.25, 0.3) is 6.43 Å². The molecule has 0 N–H and O–H groups in total. The van der Waals surface area contributed by atoms with Crippen molar-refractivity contribution in [3.63, 3.8) is 0 Å². The van der Waals surface area contributed by atoms with Crippen LogP contribution in [-0.4, -0.2) is 44.8 Å². The Balaban J connectivity index is 1.77. The van der Waals surface area contributed by atoms with Crippen molar-refractivity contribution in [2.24, 2.45) is 0 Å². The van der Waals surface area contributed by atoms with Gasteiger partial charge in [-0.1, -0.05) is 30.3 Å². The maximum absolute atomic E-state index is 12.7. The van der Waals surface area contributed by atoms with Crippen molar-refractivity contribution in [2.45, 2.75) is 51.6 Å². The molecule has 2 aromatic rings. The molecule has 0 spiro atoms. The monoisotopic (exact) mass is 336 g/mol. The molecule has 0 aliphatic carbocycles. The maximum atomic E-state index is 12.7. The lowest BCUT2D eigenvalue weighted by Crippen LogP contribution is -2.50. The molecule has 24 heavy (non-hydrogen) atoms. The first-order chi connectivity index (χ1) is 11.6. The van der Waals surface area contributed by atoms with Gasteiger partial charge in [-0.25, -0.2) is 18.4 Å². The summed E-state index contributed by atoms with van der Waals surface area (Å²) < 4.78 is 32.7. The summed E-state index contributed by atoms with van der Waals surface area (Å²) in [4.78, 5) is 6.41. The van der Waals surface area contributed by atoms with Crippen LogP contribution in [-0.2, 0) is 17.8 Å². The van der Waals surface area contributed by atoms with Gasteiger partial charge in [-0.3, -0.25) is 4.90 Å². The molecular weight excluding hydrogens is 314 g/mol. The first kappa shape index (κ1) is 17.0. The number of hydrogen-bond acceptors (Lipinski definition) is 4. The highest BCUT2D eigenvalue weighted by Crippen LogP contribution is 2.31. The van der Waals surface area contributed by atoms with Crippen LogP contribution >= 0.6 is 0 Å². The summed E-state index contributed by atoms with van der Waals surface area (Å²) >= 11 is 0. The Kier molecular flexibility index (Phi) is 5.20. The maximum Gasteiger partial charge on any atom is 0.257 e. The van der Waals surface area contributed by atoms with Crippen molar-refractivity contribution in [1.29, 1.82) is 0 Å². The van der Waals surface area contributed by atoms with Crippen LogP contribution in [0.5, 0.6) is 0 Å². The first-order valence-corrected chi connectivity index (χ1v) is 8.13. The van der Waals surface area contributed by atoms with Crippen molar-refractivity contribution in [2.75, 3.05) is 6.61 Å². The fourth-order valence-corrected chi connectivity index (χ4v) is 3.23. The Hall–Kier alpha value is -1.86. The average molecular weight is 336 g/mol. The molecule has 1 aromatic carbocycles. The van der Waals surface area contributed by atoms with Crippen molar-refractivity contribution in [1.82, 2.24) is 19.7 Å². The molecule has 1 aliphatic rings. The molecule has 0 unspecified atom stereocenters. The van der Waals surface area contributed by atoms with E-state index in [1.807, 2.05) is 18.2 Å². The van der Waals surface area contributed by atoms with E-state index in [-0.39, 0.29) is 18.2 Å². The van der Waals surface area contributed by atoms with Gasteiger partial charge in [0.15, 0.2) is 0 Å². The standard InChI is InChI=1S/C17H22F2N4O/c1-12-10-24-17(14-6-4-3-5-7-14)13(2)22(12)9-16-20-11-21-23(16)8-15(18)19/h3-7,11-13,15,17H,8-10H2,1-2H3/t12-,13-,17-/m1/s1. The van der Waals surface area contributed by atoms with Crippen LogP contribution in [0.15, 0.2) is 36.7 Å². The van der Waals surface area contributed by atoms with E-state index < -0.39 is 13.0 Å². The van der Waals surface area contributed by atoms with Crippen molar-refractivity contribution in [3.8, 4) is 0 Å². The second-order valence-corrected chi connectivity index (χ2v) is 6.18. The van der Waals surface area contributed by atoms with Crippen molar-refractivity contribution in [3.05, 3.63) is 48.0 Å². The number of aromatic nitrogens is 3. The second-order valence-electron chi connectivity index (χ2n) is 6.18. The normalized spacial score (nSPS) is 25.3. The molecule has 1 aliphatic heterocycles. The van der Waals surface area contributed by atoms with Crippen LogP contribution in [0.25, 0.3) is 0 Å². The van der Waals surface area contributed by atoms with E-state index in [9.17, 15) is 8.78 Å².